The second kappa shape index (κ2) is 5.86. The van der Waals surface area contributed by atoms with E-state index in [0.717, 1.165) is 0 Å². The first-order chi connectivity index (χ1) is 9.06. The monoisotopic (exact) mass is 295 g/mol. The molecule has 0 aromatic heterocycles. The van der Waals surface area contributed by atoms with Crippen LogP contribution in [0.15, 0.2) is 53.4 Å². The maximum atomic E-state index is 11.9. The van der Waals surface area contributed by atoms with Crippen LogP contribution < -0.4 is 5.32 Å². The molecule has 1 N–H and O–H groups in total. The molecule has 0 aliphatic carbocycles. The van der Waals surface area contributed by atoms with Crippen molar-refractivity contribution >= 4 is 33.9 Å². The van der Waals surface area contributed by atoms with Crippen LogP contribution in [0.4, 0.5) is 5.69 Å². The van der Waals surface area contributed by atoms with Gasteiger partial charge in [-0.2, -0.15) is 0 Å². The molecule has 6 heteroatoms. The third kappa shape index (κ3) is 3.56. The molecule has 0 bridgehead atoms. The van der Waals surface area contributed by atoms with Gasteiger partial charge in [-0.1, -0.05) is 17.7 Å². The standard InChI is InChI=1S/C13H10ClNO3S/c14-10-3-1-2-9(8-10)13(16)15-11-4-6-12(7-5-11)19(17)18/h1-8,19H,(H,15,16). The van der Waals surface area contributed by atoms with Gasteiger partial charge in [0.05, 0.1) is 4.90 Å². The molecule has 4 nitrogen and oxygen atoms in total. The number of hydrogen-bond acceptors (Lipinski definition) is 3. The zero-order chi connectivity index (χ0) is 13.8. The van der Waals surface area contributed by atoms with E-state index < -0.39 is 10.7 Å². The fourth-order valence-electron chi connectivity index (χ4n) is 1.50. The van der Waals surface area contributed by atoms with Gasteiger partial charge in [-0.05, 0) is 42.5 Å². The SMILES string of the molecule is O=C(Nc1ccc([SH](=O)=O)cc1)c1cccc(Cl)c1. The summed E-state index contributed by atoms with van der Waals surface area (Å²) < 4.78 is 21.5. The summed E-state index contributed by atoms with van der Waals surface area (Å²) in [6.45, 7) is 0. The smallest absolute Gasteiger partial charge is 0.255 e. The van der Waals surface area contributed by atoms with Crippen LogP contribution in [0.25, 0.3) is 0 Å². The molecular weight excluding hydrogens is 286 g/mol. The Bertz CT molecular complexity index is 673. The molecule has 98 valence electrons. The molecule has 1 amide bonds. The van der Waals surface area contributed by atoms with E-state index in [1.54, 1.807) is 24.3 Å². The molecule has 2 aromatic carbocycles. The lowest BCUT2D eigenvalue weighted by molar-refractivity contribution is 0.102. The lowest BCUT2D eigenvalue weighted by Crippen LogP contribution is -2.11. The van der Waals surface area contributed by atoms with E-state index in [2.05, 4.69) is 5.32 Å². The molecule has 0 atom stereocenters. The van der Waals surface area contributed by atoms with Gasteiger partial charge in [-0.25, -0.2) is 8.42 Å². The average Bonchev–Trinajstić information content (AvgIpc) is 2.39. The Morgan fingerprint density at radius 2 is 1.74 bits per heavy atom. The van der Waals surface area contributed by atoms with Crippen molar-refractivity contribution in [2.24, 2.45) is 0 Å². The first kappa shape index (κ1) is 13.6. The normalized spacial score (nSPS) is 10.4. The summed E-state index contributed by atoms with van der Waals surface area (Å²) in [5, 5.41) is 3.14. The lowest BCUT2D eigenvalue weighted by Gasteiger charge is -2.05. The first-order valence-corrected chi connectivity index (χ1v) is 6.93. The minimum absolute atomic E-state index is 0.204. The van der Waals surface area contributed by atoms with Gasteiger partial charge in [0.1, 0.15) is 0 Å². The number of benzene rings is 2. The van der Waals surface area contributed by atoms with Crippen molar-refractivity contribution in [1.29, 1.82) is 0 Å². The third-order valence-electron chi connectivity index (χ3n) is 2.42. The quantitative estimate of drug-likeness (QED) is 0.856. The summed E-state index contributed by atoms with van der Waals surface area (Å²) in [5.74, 6) is -0.304. The fraction of sp³-hybridized carbons (Fsp3) is 0. The Balaban J connectivity index is 2.15. The highest BCUT2D eigenvalue weighted by atomic mass is 35.5. The average molecular weight is 296 g/mol. The summed E-state index contributed by atoms with van der Waals surface area (Å²) in [6, 6.07) is 12.5. The number of halogens is 1. The molecule has 0 aliphatic rings. The molecule has 19 heavy (non-hydrogen) atoms. The topological polar surface area (TPSA) is 63.2 Å². The van der Waals surface area contributed by atoms with E-state index in [1.807, 2.05) is 0 Å². The van der Waals surface area contributed by atoms with Gasteiger partial charge in [-0.3, -0.25) is 4.79 Å². The number of carbonyl (C=O) groups excluding carboxylic acids is 1. The summed E-state index contributed by atoms with van der Waals surface area (Å²) >= 11 is 5.80. The minimum atomic E-state index is -2.61. The lowest BCUT2D eigenvalue weighted by atomic mass is 10.2. The highest BCUT2D eigenvalue weighted by Crippen LogP contribution is 2.14. The Hall–Kier alpha value is -1.85. The van der Waals surface area contributed by atoms with Crippen molar-refractivity contribution in [3.63, 3.8) is 0 Å². The molecule has 0 unspecified atom stereocenters. The van der Waals surface area contributed by atoms with Gasteiger partial charge >= 0.3 is 0 Å². The molecule has 0 saturated heterocycles. The zero-order valence-corrected chi connectivity index (χ0v) is 11.3. The highest BCUT2D eigenvalue weighted by molar-refractivity contribution is 7.72. The number of amides is 1. The molecule has 0 aliphatic heterocycles. The predicted octanol–water partition coefficient (Wildman–Crippen LogP) is 2.56. The molecule has 2 rings (SSSR count). The molecule has 0 fully saturated rings. The maximum absolute atomic E-state index is 11.9. The van der Waals surface area contributed by atoms with Gasteiger partial charge < -0.3 is 5.32 Å². The summed E-state index contributed by atoms with van der Waals surface area (Å²) in [6.07, 6.45) is 0. The summed E-state index contributed by atoms with van der Waals surface area (Å²) in [7, 11) is -2.61. The van der Waals surface area contributed by atoms with E-state index in [9.17, 15) is 13.2 Å². The van der Waals surface area contributed by atoms with Crippen LogP contribution in [0, 0.1) is 0 Å². The number of anilines is 1. The van der Waals surface area contributed by atoms with Crippen LogP contribution in [-0.2, 0) is 10.7 Å². The number of thiol groups is 1. The number of rotatable bonds is 3. The van der Waals surface area contributed by atoms with E-state index in [-0.39, 0.29) is 10.8 Å². The van der Waals surface area contributed by atoms with Crippen LogP contribution in [0.2, 0.25) is 5.02 Å². The molecule has 0 saturated carbocycles. The van der Waals surface area contributed by atoms with Gasteiger partial charge in [0, 0.05) is 16.3 Å². The minimum Gasteiger partial charge on any atom is -0.322 e. The van der Waals surface area contributed by atoms with E-state index in [1.165, 1.54) is 24.3 Å². The van der Waals surface area contributed by atoms with Crippen LogP contribution >= 0.6 is 11.6 Å². The number of carbonyl (C=O) groups is 1. The Kier molecular flexibility index (Phi) is 4.19. The zero-order valence-electron chi connectivity index (χ0n) is 9.67. The van der Waals surface area contributed by atoms with Crippen molar-refractivity contribution in [2.45, 2.75) is 4.90 Å². The fourth-order valence-corrected chi connectivity index (χ4v) is 2.08. The second-order valence-corrected chi connectivity index (χ2v) is 5.24. The van der Waals surface area contributed by atoms with Crippen molar-refractivity contribution < 1.29 is 13.2 Å². The number of hydrogen-bond donors (Lipinski definition) is 2. The van der Waals surface area contributed by atoms with Crippen LogP contribution in [-0.4, -0.2) is 14.3 Å². The van der Waals surface area contributed by atoms with Crippen molar-refractivity contribution in [3.8, 4) is 0 Å². The second-order valence-electron chi connectivity index (χ2n) is 3.77. The van der Waals surface area contributed by atoms with Gasteiger partial charge in [0.25, 0.3) is 5.91 Å². The Morgan fingerprint density at radius 1 is 1.05 bits per heavy atom. The molecule has 0 heterocycles. The third-order valence-corrected chi connectivity index (χ3v) is 3.38. The Labute approximate surface area is 117 Å². The van der Waals surface area contributed by atoms with Gasteiger partial charge in [-0.15, -0.1) is 0 Å². The number of nitrogens with one attached hydrogen (secondary N) is 1. The Morgan fingerprint density at radius 3 is 2.32 bits per heavy atom. The van der Waals surface area contributed by atoms with Gasteiger partial charge in [0.2, 0.25) is 0 Å². The molecule has 0 spiro atoms. The van der Waals surface area contributed by atoms with E-state index in [4.69, 9.17) is 11.6 Å². The van der Waals surface area contributed by atoms with Crippen molar-refractivity contribution in [3.05, 3.63) is 59.1 Å². The predicted molar refractivity (Wildman–Crippen MR) is 74.4 cm³/mol. The van der Waals surface area contributed by atoms with E-state index in [0.29, 0.717) is 16.3 Å². The summed E-state index contributed by atoms with van der Waals surface area (Å²) in [5.41, 5.74) is 0.956. The molecular formula is C13H10ClNO3S. The van der Waals surface area contributed by atoms with Crippen LogP contribution in [0.3, 0.4) is 0 Å². The van der Waals surface area contributed by atoms with Crippen LogP contribution in [0.1, 0.15) is 10.4 Å². The first-order valence-electron chi connectivity index (χ1n) is 5.37. The maximum Gasteiger partial charge on any atom is 0.255 e. The van der Waals surface area contributed by atoms with Gasteiger partial charge in [0.15, 0.2) is 10.7 Å². The molecule has 0 radical (unpaired) electrons. The molecule has 2 aromatic rings. The largest absolute Gasteiger partial charge is 0.322 e. The van der Waals surface area contributed by atoms with E-state index >= 15 is 0 Å². The van der Waals surface area contributed by atoms with Crippen molar-refractivity contribution in [1.82, 2.24) is 0 Å². The van der Waals surface area contributed by atoms with Crippen LogP contribution in [0.5, 0.6) is 0 Å². The van der Waals surface area contributed by atoms with Crippen molar-refractivity contribution in [2.75, 3.05) is 5.32 Å². The highest BCUT2D eigenvalue weighted by Gasteiger charge is 2.06. The summed E-state index contributed by atoms with van der Waals surface area (Å²) in [4.78, 5) is 12.1.